The molecule has 1 atom stereocenters. The van der Waals surface area contributed by atoms with Crippen molar-refractivity contribution in [2.75, 3.05) is 10.2 Å². The standard InChI is InChI=1S/C38H26BrClFN3O5S/c39-25-9-18-32(41)24(19-25)20-33(43-36(46)23-5-2-1-3-6-23)37(47)42-27-7-4-8-31(21-27)50-34-22-35(45)44(38(34)48)28-12-16-30(17-13-28)49-29-14-10-26(40)11-15-29/h1-21,34H,22H2,(H,42,47)(H,43,46)/b33-20-. The minimum absolute atomic E-state index is 0.0142. The van der Waals surface area contributed by atoms with E-state index < -0.39 is 22.9 Å². The number of carbonyl (C=O) groups is 4. The van der Waals surface area contributed by atoms with Gasteiger partial charge in [0.2, 0.25) is 11.8 Å². The summed E-state index contributed by atoms with van der Waals surface area (Å²) >= 11 is 10.4. The van der Waals surface area contributed by atoms with Gasteiger partial charge in [0.25, 0.3) is 11.8 Å². The van der Waals surface area contributed by atoms with E-state index in [0.29, 0.717) is 42.8 Å². The molecule has 5 aromatic carbocycles. The van der Waals surface area contributed by atoms with Crippen LogP contribution in [0.2, 0.25) is 5.02 Å². The lowest BCUT2D eigenvalue weighted by atomic mass is 10.1. The van der Waals surface area contributed by atoms with Crippen molar-refractivity contribution in [2.45, 2.75) is 16.6 Å². The highest BCUT2D eigenvalue weighted by molar-refractivity contribution is 9.10. The van der Waals surface area contributed by atoms with E-state index in [4.69, 9.17) is 16.3 Å². The number of rotatable bonds is 10. The predicted octanol–water partition coefficient (Wildman–Crippen LogP) is 8.87. The second-order valence-corrected chi connectivity index (χ2v) is 13.6. The highest BCUT2D eigenvalue weighted by atomic mass is 79.9. The van der Waals surface area contributed by atoms with E-state index in [1.54, 1.807) is 103 Å². The summed E-state index contributed by atoms with van der Waals surface area (Å²) in [5, 5.41) is 5.23. The largest absolute Gasteiger partial charge is 0.457 e. The monoisotopic (exact) mass is 769 g/mol. The Kier molecular flexibility index (Phi) is 10.8. The Morgan fingerprint density at radius 2 is 1.58 bits per heavy atom. The molecule has 1 fully saturated rings. The molecule has 1 unspecified atom stereocenters. The number of imide groups is 1. The zero-order valence-corrected chi connectivity index (χ0v) is 29.1. The van der Waals surface area contributed by atoms with Crippen molar-refractivity contribution in [3.63, 3.8) is 0 Å². The highest BCUT2D eigenvalue weighted by Gasteiger charge is 2.40. The van der Waals surface area contributed by atoms with Crippen molar-refractivity contribution in [1.29, 1.82) is 0 Å². The van der Waals surface area contributed by atoms with Crippen molar-refractivity contribution in [3.05, 3.63) is 153 Å². The van der Waals surface area contributed by atoms with E-state index in [1.807, 2.05) is 0 Å². The molecule has 5 aromatic rings. The van der Waals surface area contributed by atoms with Crippen LogP contribution in [0.4, 0.5) is 15.8 Å². The van der Waals surface area contributed by atoms with Gasteiger partial charge in [-0.3, -0.25) is 19.2 Å². The number of carbonyl (C=O) groups excluding carboxylic acids is 4. The van der Waals surface area contributed by atoms with Gasteiger partial charge >= 0.3 is 0 Å². The molecule has 12 heteroatoms. The molecule has 0 aliphatic carbocycles. The van der Waals surface area contributed by atoms with Gasteiger partial charge in [-0.1, -0.05) is 51.8 Å². The molecule has 0 aromatic heterocycles. The molecule has 250 valence electrons. The quantitative estimate of drug-likeness (QED) is 0.109. The molecular weight excluding hydrogens is 745 g/mol. The number of nitrogens with one attached hydrogen (secondary N) is 2. The molecule has 8 nitrogen and oxygen atoms in total. The number of hydrogen-bond donors (Lipinski definition) is 2. The SMILES string of the molecule is O=C(Nc1cccc(SC2CC(=O)N(c3ccc(Oc4ccc(Cl)cc4)cc3)C2=O)c1)/C(=C/c1cc(Br)ccc1F)NC(=O)c1ccccc1. The van der Waals surface area contributed by atoms with Crippen LogP contribution in [0.3, 0.4) is 0 Å². The first kappa shape index (κ1) is 34.6. The number of nitrogens with zero attached hydrogens (tertiary/aromatic N) is 1. The summed E-state index contributed by atoms with van der Waals surface area (Å²) in [4.78, 5) is 54.7. The summed E-state index contributed by atoms with van der Waals surface area (Å²) in [7, 11) is 0. The van der Waals surface area contributed by atoms with Crippen LogP contribution >= 0.6 is 39.3 Å². The summed E-state index contributed by atoms with van der Waals surface area (Å²) in [6.07, 6.45) is 1.24. The second-order valence-electron chi connectivity index (χ2n) is 11.0. The lowest BCUT2D eigenvalue weighted by Gasteiger charge is -2.16. The third kappa shape index (κ3) is 8.49. The Hall–Kier alpha value is -5.23. The van der Waals surface area contributed by atoms with Gasteiger partial charge in [-0.05, 0) is 103 Å². The molecule has 50 heavy (non-hydrogen) atoms. The van der Waals surface area contributed by atoms with Gasteiger partial charge in [0.05, 0.1) is 10.9 Å². The zero-order valence-electron chi connectivity index (χ0n) is 25.9. The van der Waals surface area contributed by atoms with E-state index in [9.17, 15) is 23.6 Å². The summed E-state index contributed by atoms with van der Waals surface area (Å²) in [5.41, 5.74) is 0.989. The molecule has 0 saturated carbocycles. The van der Waals surface area contributed by atoms with Gasteiger partial charge in [-0.25, -0.2) is 9.29 Å². The van der Waals surface area contributed by atoms with Crippen LogP contribution in [-0.4, -0.2) is 28.9 Å². The van der Waals surface area contributed by atoms with Crippen LogP contribution in [0, 0.1) is 5.82 Å². The molecule has 0 bridgehead atoms. The topological polar surface area (TPSA) is 105 Å². The maximum absolute atomic E-state index is 14.7. The summed E-state index contributed by atoms with van der Waals surface area (Å²) in [6.45, 7) is 0. The number of anilines is 2. The fourth-order valence-corrected chi connectivity index (χ4v) is 6.62. The smallest absolute Gasteiger partial charge is 0.272 e. The van der Waals surface area contributed by atoms with Crippen LogP contribution in [-0.2, 0) is 14.4 Å². The van der Waals surface area contributed by atoms with Crippen molar-refractivity contribution < 1.29 is 28.3 Å². The Morgan fingerprint density at radius 3 is 2.30 bits per heavy atom. The Morgan fingerprint density at radius 1 is 0.880 bits per heavy atom. The van der Waals surface area contributed by atoms with Gasteiger partial charge in [0, 0.05) is 37.6 Å². The van der Waals surface area contributed by atoms with E-state index >= 15 is 0 Å². The van der Waals surface area contributed by atoms with Crippen molar-refractivity contribution in [3.8, 4) is 11.5 Å². The van der Waals surface area contributed by atoms with Crippen LogP contribution in [0.5, 0.6) is 11.5 Å². The van der Waals surface area contributed by atoms with Crippen molar-refractivity contribution in [2.24, 2.45) is 0 Å². The minimum atomic E-state index is -0.697. The number of amides is 4. The molecule has 2 N–H and O–H groups in total. The maximum Gasteiger partial charge on any atom is 0.272 e. The van der Waals surface area contributed by atoms with Gasteiger partial charge in [-0.15, -0.1) is 11.8 Å². The number of benzene rings is 5. The van der Waals surface area contributed by atoms with Gasteiger partial charge in [0.1, 0.15) is 23.0 Å². The fourth-order valence-electron chi connectivity index (χ4n) is 5.00. The van der Waals surface area contributed by atoms with Gasteiger partial charge in [0.15, 0.2) is 0 Å². The Bertz CT molecular complexity index is 2110. The molecule has 0 spiro atoms. The number of thioether (sulfide) groups is 1. The number of ether oxygens (including phenoxy) is 1. The van der Waals surface area contributed by atoms with E-state index in [2.05, 4.69) is 26.6 Å². The Balaban J connectivity index is 1.15. The fraction of sp³-hybridized carbons (Fsp3) is 0.0526. The molecule has 4 amide bonds. The first-order valence-corrected chi connectivity index (χ1v) is 17.2. The molecule has 1 aliphatic heterocycles. The third-order valence-electron chi connectivity index (χ3n) is 7.41. The van der Waals surface area contributed by atoms with Crippen molar-refractivity contribution >= 4 is 80.4 Å². The average molecular weight is 771 g/mol. The number of hydrogen-bond acceptors (Lipinski definition) is 6. The first-order chi connectivity index (χ1) is 24.1. The molecule has 0 radical (unpaired) electrons. The van der Waals surface area contributed by atoms with Crippen LogP contribution in [0.1, 0.15) is 22.3 Å². The number of halogens is 3. The highest BCUT2D eigenvalue weighted by Crippen LogP contribution is 2.36. The van der Waals surface area contributed by atoms with Crippen molar-refractivity contribution in [1.82, 2.24) is 5.32 Å². The second kappa shape index (κ2) is 15.5. The van der Waals surface area contributed by atoms with E-state index in [0.717, 1.165) is 4.90 Å². The first-order valence-electron chi connectivity index (χ1n) is 15.1. The summed E-state index contributed by atoms with van der Waals surface area (Å²) in [5.74, 6) is -1.43. The molecule has 1 saturated heterocycles. The van der Waals surface area contributed by atoms with Crippen LogP contribution in [0.25, 0.3) is 6.08 Å². The minimum Gasteiger partial charge on any atom is -0.457 e. The van der Waals surface area contributed by atoms with Gasteiger partial charge < -0.3 is 15.4 Å². The average Bonchev–Trinajstić information content (AvgIpc) is 3.39. The van der Waals surface area contributed by atoms with E-state index in [1.165, 1.54) is 36.0 Å². The summed E-state index contributed by atoms with van der Waals surface area (Å²) in [6, 6.07) is 32.8. The van der Waals surface area contributed by atoms with E-state index in [-0.39, 0.29) is 29.5 Å². The molecule has 1 heterocycles. The maximum atomic E-state index is 14.7. The van der Waals surface area contributed by atoms with Crippen LogP contribution < -0.4 is 20.3 Å². The lowest BCUT2D eigenvalue weighted by Crippen LogP contribution is -2.31. The van der Waals surface area contributed by atoms with Gasteiger partial charge in [-0.2, -0.15) is 0 Å². The normalized spacial score (nSPS) is 14.4. The molecule has 1 aliphatic rings. The Labute approximate surface area is 304 Å². The zero-order chi connectivity index (χ0) is 35.2. The summed E-state index contributed by atoms with van der Waals surface area (Å²) < 4.78 is 21.1. The third-order valence-corrected chi connectivity index (χ3v) is 9.33. The predicted molar refractivity (Wildman–Crippen MR) is 196 cm³/mol. The lowest BCUT2D eigenvalue weighted by molar-refractivity contribution is -0.121. The molecule has 6 rings (SSSR count). The molecular formula is C38H26BrClFN3O5S. The van der Waals surface area contributed by atoms with Crippen LogP contribution in [0.15, 0.2) is 136 Å².